The summed E-state index contributed by atoms with van der Waals surface area (Å²) >= 11 is 1.54. The highest BCUT2D eigenvalue weighted by Crippen LogP contribution is 2.41. The Hall–Kier alpha value is -3.64. The Morgan fingerprint density at radius 1 is 0.727 bits per heavy atom. The fourth-order valence-electron chi connectivity index (χ4n) is 4.01. The number of anilines is 2. The van der Waals surface area contributed by atoms with Gasteiger partial charge in [-0.1, -0.05) is 41.5 Å². The molecule has 0 saturated carbocycles. The van der Waals surface area contributed by atoms with Gasteiger partial charge in [-0.25, -0.2) is 0 Å². The summed E-state index contributed by atoms with van der Waals surface area (Å²) in [5.41, 5.74) is 6.22. The van der Waals surface area contributed by atoms with Gasteiger partial charge in [0.25, 0.3) is 11.8 Å². The first-order chi connectivity index (χ1) is 15.8. The summed E-state index contributed by atoms with van der Waals surface area (Å²) in [6, 6.07) is 19.3. The van der Waals surface area contributed by atoms with Gasteiger partial charge in [-0.2, -0.15) is 0 Å². The van der Waals surface area contributed by atoms with E-state index in [1.54, 1.807) is 0 Å². The molecule has 168 valence electrons. The van der Waals surface area contributed by atoms with E-state index in [1.807, 2.05) is 93.7 Å². The molecule has 0 spiro atoms. The number of nitrogens with one attached hydrogen (secondary N) is 3. The second kappa shape index (κ2) is 9.46. The lowest BCUT2D eigenvalue weighted by Gasteiger charge is -2.30. The zero-order valence-corrected chi connectivity index (χ0v) is 20.0. The smallest absolute Gasteiger partial charge is 0.254 e. The van der Waals surface area contributed by atoms with Crippen molar-refractivity contribution in [3.05, 3.63) is 105 Å². The summed E-state index contributed by atoms with van der Waals surface area (Å²) in [6.07, 6.45) is 0. The van der Waals surface area contributed by atoms with E-state index in [0.717, 1.165) is 27.4 Å². The molecule has 0 unspecified atom stereocenters. The number of carbonyl (C=O) groups is 2. The summed E-state index contributed by atoms with van der Waals surface area (Å²) in [7, 11) is 0. The third kappa shape index (κ3) is 4.91. The maximum atomic E-state index is 13.5. The minimum absolute atomic E-state index is 0.226. The zero-order valence-electron chi connectivity index (χ0n) is 19.2. The van der Waals surface area contributed by atoms with Crippen LogP contribution < -0.4 is 16.0 Å². The topological polar surface area (TPSA) is 70.2 Å². The molecule has 3 N–H and O–H groups in total. The molecule has 2 heterocycles. The van der Waals surface area contributed by atoms with Crippen LogP contribution in [-0.4, -0.2) is 11.8 Å². The van der Waals surface area contributed by atoms with Crippen LogP contribution in [0.25, 0.3) is 0 Å². The molecule has 0 saturated heterocycles. The molecule has 0 atom stereocenters. The van der Waals surface area contributed by atoms with Gasteiger partial charge in [0.2, 0.25) is 0 Å². The van der Waals surface area contributed by atoms with Crippen molar-refractivity contribution in [2.45, 2.75) is 33.6 Å². The molecule has 3 aromatic rings. The fraction of sp³-hybridized carbons (Fsp3) is 0.185. The molecule has 0 fully saturated rings. The Kier molecular flexibility index (Phi) is 6.47. The van der Waals surface area contributed by atoms with Gasteiger partial charge in [0, 0.05) is 38.8 Å². The first kappa shape index (κ1) is 22.6. The minimum Gasteiger partial charge on any atom is -0.362 e. The van der Waals surface area contributed by atoms with Crippen molar-refractivity contribution >= 4 is 34.5 Å². The predicted molar refractivity (Wildman–Crippen MR) is 135 cm³/mol. The number of dihydropyridines is 1. The molecule has 4 rings (SSSR count). The number of rotatable bonds is 5. The summed E-state index contributed by atoms with van der Waals surface area (Å²) in [5.74, 6) is -0.923. The maximum absolute atomic E-state index is 13.5. The van der Waals surface area contributed by atoms with E-state index in [-0.39, 0.29) is 11.8 Å². The van der Waals surface area contributed by atoms with Crippen molar-refractivity contribution in [2.75, 3.05) is 10.6 Å². The van der Waals surface area contributed by atoms with E-state index in [2.05, 4.69) is 16.0 Å². The average molecular weight is 458 g/mol. The van der Waals surface area contributed by atoms with E-state index in [9.17, 15) is 9.59 Å². The lowest BCUT2D eigenvalue weighted by Crippen LogP contribution is -2.34. The monoisotopic (exact) mass is 457 g/mol. The molecule has 1 aliphatic rings. The fourth-order valence-corrected chi connectivity index (χ4v) is 4.85. The van der Waals surface area contributed by atoms with Gasteiger partial charge in [0.15, 0.2) is 0 Å². The van der Waals surface area contributed by atoms with E-state index in [1.165, 1.54) is 11.3 Å². The van der Waals surface area contributed by atoms with Crippen molar-refractivity contribution in [3.63, 3.8) is 0 Å². The second-order valence-corrected chi connectivity index (χ2v) is 9.27. The van der Waals surface area contributed by atoms with Gasteiger partial charge in [0.1, 0.15) is 0 Å². The van der Waals surface area contributed by atoms with Crippen LogP contribution in [0.1, 0.15) is 35.8 Å². The van der Waals surface area contributed by atoms with Crippen molar-refractivity contribution < 1.29 is 9.59 Å². The highest BCUT2D eigenvalue weighted by atomic mass is 32.1. The number of thiophene rings is 1. The number of carbonyl (C=O) groups excluding carboxylic acids is 2. The summed E-state index contributed by atoms with van der Waals surface area (Å²) in [6.45, 7) is 7.76. The third-order valence-corrected chi connectivity index (χ3v) is 6.63. The van der Waals surface area contributed by atoms with Crippen LogP contribution in [0.2, 0.25) is 0 Å². The van der Waals surface area contributed by atoms with Gasteiger partial charge in [-0.15, -0.1) is 11.3 Å². The van der Waals surface area contributed by atoms with Crippen molar-refractivity contribution in [2.24, 2.45) is 0 Å². The number of benzene rings is 2. The van der Waals surface area contributed by atoms with Crippen LogP contribution in [0, 0.1) is 13.8 Å². The first-order valence-corrected chi connectivity index (χ1v) is 11.7. The molecular weight excluding hydrogens is 430 g/mol. The van der Waals surface area contributed by atoms with E-state index < -0.39 is 5.92 Å². The van der Waals surface area contributed by atoms with Crippen molar-refractivity contribution in [1.29, 1.82) is 0 Å². The van der Waals surface area contributed by atoms with E-state index in [4.69, 9.17) is 0 Å². The third-order valence-electron chi connectivity index (χ3n) is 5.70. The molecule has 2 amide bonds. The Morgan fingerprint density at radius 2 is 1.18 bits per heavy atom. The van der Waals surface area contributed by atoms with Crippen LogP contribution in [0.3, 0.4) is 0 Å². The van der Waals surface area contributed by atoms with Gasteiger partial charge in [-0.3, -0.25) is 9.59 Å². The van der Waals surface area contributed by atoms with Crippen LogP contribution in [0.5, 0.6) is 0 Å². The maximum Gasteiger partial charge on any atom is 0.254 e. The van der Waals surface area contributed by atoms with E-state index >= 15 is 0 Å². The SMILES string of the molecule is CC1=C(C(=O)Nc2ccc(C)cc2)C(c2cccs2)C(C(=O)Nc2ccc(C)cc2)=C(C)N1. The minimum atomic E-state index is -0.470. The lowest BCUT2D eigenvalue weighted by atomic mass is 9.83. The normalized spacial score (nSPS) is 14.2. The molecule has 1 aromatic heterocycles. The number of hydrogen-bond donors (Lipinski definition) is 3. The zero-order chi connectivity index (χ0) is 23.5. The van der Waals surface area contributed by atoms with Crippen LogP contribution in [0.15, 0.2) is 88.6 Å². The van der Waals surface area contributed by atoms with Crippen LogP contribution in [-0.2, 0) is 9.59 Å². The van der Waals surface area contributed by atoms with Gasteiger partial charge in [0.05, 0.1) is 5.92 Å². The molecule has 6 heteroatoms. The van der Waals surface area contributed by atoms with Crippen LogP contribution in [0.4, 0.5) is 11.4 Å². The molecule has 0 bridgehead atoms. The average Bonchev–Trinajstić information content (AvgIpc) is 3.31. The molecule has 0 radical (unpaired) electrons. The quantitative estimate of drug-likeness (QED) is 0.448. The predicted octanol–water partition coefficient (Wildman–Crippen LogP) is 5.88. The van der Waals surface area contributed by atoms with E-state index in [0.29, 0.717) is 22.5 Å². The Balaban J connectivity index is 1.69. The van der Waals surface area contributed by atoms with Crippen LogP contribution >= 0.6 is 11.3 Å². The van der Waals surface area contributed by atoms with Gasteiger partial charge in [-0.05, 0) is 63.4 Å². The Labute approximate surface area is 198 Å². The van der Waals surface area contributed by atoms with Gasteiger partial charge < -0.3 is 16.0 Å². The summed E-state index contributed by atoms with van der Waals surface area (Å²) in [5, 5.41) is 11.2. The summed E-state index contributed by atoms with van der Waals surface area (Å²) in [4.78, 5) is 27.9. The molecule has 5 nitrogen and oxygen atoms in total. The van der Waals surface area contributed by atoms with Crippen molar-refractivity contribution in [1.82, 2.24) is 5.32 Å². The largest absolute Gasteiger partial charge is 0.362 e. The second-order valence-electron chi connectivity index (χ2n) is 8.29. The number of hydrogen-bond acceptors (Lipinski definition) is 4. The van der Waals surface area contributed by atoms with Gasteiger partial charge >= 0.3 is 0 Å². The lowest BCUT2D eigenvalue weighted by molar-refractivity contribution is -0.113. The van der Waals surface area contributed by atoms with Crippen molar-refractivity contribution in [3.8, 4) is 0 Å². The summed E-state index contributed by atoms with van der Waals surface area (Å²) < 4.78 is 0. The molecule has 2 aromatic carbocycles. The Bertz CT molecular complexity index is 1160. The highest BCUT2D eigenvalue weighted by Gasteiger charge is 2.37. The Morgan fingerprint density at radius 3 is 1.58 bits per heavy atom. The number of amides is 2. The molecule has 33 heavy (non-hydrogen) atoms. The number of allylic oxidation sites excluding steroid dienone is 2. The standard InChI is InChI=1S/C27H27N3O2S/c1-16-7-11-20(12-8-16)29-26(31)23-18(3)28-19(4)24(25(23)22-6-5-15-33-22)27(32)30-21-13-9-17(2)10-14-21/h5-15,25,28H,1-4H3,(H,29,31)(H,30,32). The highest BCUT2D eigenvalue weighted by molar-refractivity contribution is 7.10. The number of aryl methyl sites for hydroxylation is 2. The molecule has 1 aliphatic heterocycles. The first-order valence-electron chi connectivity index (χ1n) is 10.8. The molecular formula is C27H27N3O2S. The molecule has 0 aliphatic carbocycles.